The fraction of sp³-hybridized carbons (Fsp3) is 0.214. The average molecular weight is 293 g/mol. The number of aryl methyl sites for hydroxylation is 2. The molecular weight excluding hydrogens is 280 g/mol. The summed E-state index contributed by atoms with van der Waals surface area (Å²) in [6.45, 7) is 3.25. The van der Waals surface area contributed by atoms with Crippen molar-refractivity contribution in [2.45, 2.75) is 13.8 Å². The third-order valence-electron chi connectivity index (χ3n) is 3.12. The topological polar surface area (TPSA) is 64.0 Å². The van der Waals surface area contributed by atoms with Gasteiger partial charge in [-0.15, -0.1) is 0 Å². The molecule has 0 aliphatic carbocycles. The highest BCUT2D eigenvalue weighted by atomic mass is 19.1. The number of aromatic nitrogens is 2. The minimum absolute atomic E-state index is 0.178. The van der Waals surface area contributed by atoms with Crippen molar-refractivity contribution in [3.63, 3.8) is 0 Å². The molecule has 1 N–H and O–H groups in total. The summed E-state index contributed by atoms with van der Waals surface area (Å²) in [4.78, 5) is 24.0. The van der Waals surface area contributed by atoms with Crippen molar-refractivity contribution in [3.05, 3.63) is 46.8 Å². The van der Waals surface area contributed by atoms with E-state index in [4.69, 9.17) is 0 Å². The maximum Gasteiger partial charge on any atom is 0.296 e. The number of benzene rings is 1. The molecule has 1 aromatic heterocycles. The summed E-state index contributed by atoms with van der Waals surface area (Å²) >= 11 is 0. The lowest BCUT2D eigenvalue weighted by Gasteiger charge is -2.06. The summed E-state index contributed by atoms with van der Waals surface area (Å²) in [5, 5.41) is 6.17. The summed E-state index contributed by atoms with van der Waals surface area (Å²) in [6.07, 6.45) is 0. The van der Waals surface area contributed by atoms with Crippen LogP contribution in [-0.4, -0.2) is 21.5 Å². The second-order valence-electron chi connectivity index (χ2n) is 4.58. The molecule has 0 fully saturated rings. The molecule has 2 rings (SSSR count). The molecule has 0 saturated carbocycles. The van der Waals surface area contributed by atoms with Gasteiger partial charge in [-0.3, -0.25) is 14.3 Å². The Kier molecular flexibility index (Phi) is 3.84. The Labute approximate surface area is 119 Å². The molecule has 110 valence electrons. The number of hydrogen-bond donors (Lipinski definition) is 1. The Balaban J connectivity index is 2.26. The molecule has 0 spiro atoms. The molecule has 2 aromatic rings. The first-order valence-electron chi connectivity index (χ1n) is 6.12. The number of carbonyl (C=O) groups is 2. The summed E-state index contributed by atoms with van der Waals surface area (Å²) in [5.74, 6) is -3.53. The van der Waals surface area contributed by atoms with Crippen LogP contribution in [0.1, 0.15) is 21.7 Å². The molecule has 0 atom stereocenters. The van der Waals surface area contributed by atoms with Crippen molar-refractivity contribution in [1.29, 1.82) is 0 Å². The third kappa shape index (κ3) is 2.81. The van der Waals surface area contributed by atoms with Crippen LogP contribution in [0.15, 0.2) is 18.2 Å². The monoisotopic (exact) mass is 293 g/mol. The van der Waals surface area contributed by atoms with Gasteiger partial charge in [-0.05, 0) is 26.0 Å². The number of hydrogen-bond acceptors (Lipinski definition) is 3. The predicted molar refractivity (Wildman–Crippen MR) is 72.0 cm³/mol. The third-order valence-corrected chi connectivity index (χ3v) is 3.12. The number of nitrogens with zero attached hydrogens (tertiary/aromatic N) is 2. The zero-order valence-electron chi connectivity index (χ0n) is 11.7. The van der Waals surface area contributed by atoms with E-state index in [1.165, 1.54) is 4.68 Å². The van der Waals surface area contributed by atoms with Gasteiger partial charge in [0.15, 0.2) is 0 Å². The van der Waals surface area contributed by atoms with Crippen molar-refractivity contribution < 1.29 is 18.4 Å². The molecule has 1 heterocycles. The smallest absolute Gasteiger partial charge is 0.296 e. The molecular formula is C14H13F2N3O2. The number of halogens is 2. The lowest BCUT2D eigenvalue weighted by Crippen LogP contribution is -2.24. The zero-order chi connectivity index (χ0) is 15.7. The Morgan fingerprint density at radius 3 is 2.43 bits per heavy atom. The van der Waals surface area contributed by atoms with Crippen molar-refractivity contribution in [2.75, 3.05) is 5.32 Å². The van der Waals surface area contributed by atoms with Gasteiger partial charge in [-0.1, -0.05) is 0 Å². The Morgan fingerprint density at radius 2 is 1.90 bits per heavy atom. The Bertz CT molecular complexity index is 738. The van der Waals surface area contributed by atoms with Gasteiger partial charge in [0.05, 0.1) is 16.9 Å². The van der Waals surface area contributed by atoms with Crippen molar-refractivity contribution >= 4 is 17.4 Å². The molecule has 5 nitrogen and oxygen atoms in total. The fourth-order valence-corrected chi connectivity index (χ4v) is 1.99. The van der Waals surface area contributed by atoms with Gasteiger partial charge in [-0.2, -0.15) is 5.10 Å². The fourth-order valence-electron chi connectivity index (χ4n) is 1.99. The minimum atomic E-state index is -1.00. The van der Waals surface area contributed by atoms with Crippen LogP contribution in [-0.2, 0) is 11.8 Å². The second kappa shape index (κ2) is 5.43. The standard InChI is InChI=1S/C14H13F2N3O2/c1-7-12(8(2)19(3)18-7)13(20)14(21)17-11-5-4-9(15)6-10(11)16/h4-6H,1-3H3,(H,17,21). The van der Waals surface area contributed by atoms with Crippen LogP contribution < -0.4 is 5.32 Å². The van der Waals surface area contributed by atoms with Crippen LogP contribution in [0.25, 0.3) is 0 Å². The second-order valence-corrected chi connectivity index (χ2v) is 4.58. The predicted octanol–water partition coefficient (Wildman–Crippen LogP) is 2.14. The molecule has 0 unspecified atom stereocenters. The van der Waals surface area contributed by atoms with E-state index >= 15 is 0 Å². The molecule has 1 amide bonds. The number of anilines is 1. The van der Waals surface area contributed by atoms with Gasteiger partial charge in [0, 0.05) is 18.8 Å². The van der Waals surface area contributed by atoms with Crippen LogP contribution in [0.3, 0.4) is 0 Å². The van der Waals surface area contributed by atoms with E-state index < -0.39 is 23.3 Å². The van der Waals surface area contributed by atoms with E-state index in [1.807, 2.05) is 0 Å². The van der Waals surface area contributed by atoms with Crippen molar-refractivity contribution in [1.82, 2.24) is 9.78 Å². The zero-order valence-corrected chi connectivity index (χ0v) is 11.7. The first kappa shape index (κ1) is 14.8. The Morgan fingerprint density at radius 1 is 1.24 bits per heavy atom. The number of nitrogens with one attached hydrogen (secondary N) is 1. The highest BCUT2D eigenvalue weighted by Gasteiger charge is 2.24. The average Bonchev–Trinajstić information content (AvgIpc) is 2.66. The summed E-state index contributed by atoms with van der Waals surface area (Å²) in [7, 11) is 1.65. The first-order valence-corrected chi connectivity index (χ1v) is 6.12. The highest BCUT2D eigenvalue weighted by molar-refractivity contribution is 6.47. The number of ketones is 1. The normalized spacial score (nSPS) is 10.5. The lowest BCUT2D eigenvalue weighted by atomic mass is 10.1. The summed E-state index contributed by atoms with van der Waals surface area (Å²) in [6, 6.07) is 2.67. The van der Waals surface area contributed by atoms with Crippen LogP contribution >= 0.6 is 0 Å². The molecule has 0 aliphatic rings. The maximum atomic E-state index is 13.5. The summed E-state index contributed by atoms with van der Waals surface area (Å²) in [5.41, 5.74) is 0.869. The summed E-state index contributed by atoms with van der Waals surface area (Å²) < 4.78 is 27.7. The number of amides is 1. The van der Waals surface area contributed by atoms with Gasteiger partial charge < -0.3 is 5.32 Å². The largest absolute Gasteiger partial charge is 0.317 e. The van der Waals surface area contributed by atoms with Gasteiger partial charge in [0.25, 0.3) is 11.7 Å². The van der Waals surface area contributed by atoms with E-state index in [-0.39, 0.29) is 11.3 Å². The number of carbonyl (C=O) groups excluding carboxylic acids is 2. The Hall–Kier alpha value is -2.57. The van der Waals surface area contributed by atoms with Crippen LogP contribution in [0.2, 0.25) is 0 Å². The van der Waals surface area contributed by atoms with Gasteiger partial charge in [0.2, 0.25) is 0 Å². The quantitative estimate of drug-likeness (QED) is 0.696. The van der Waals surface area contributed by atoms with Gasteiger partial charge in [-0.25, -0.2) is 8.78 Å². The van der Waals surface area contributed by atoms with Crippen molar-refractivity contribution in [2.24, 2.45) is 7.05 Å². The van der Waals surface area contributed by atoms with E-state index in [1.54, 1.807) is 20.9 Å². The van der Waals surface area contributed by atoms with Crippen LogP contribution in [0.4, 0.5) is 14.5 Å². The van der Waals surface area contributed by atoms with E-state index in [0.29, 0.717) is 17.5 Å². The van der Waals surface area contributed by atoms with Gasteiger partial charge >= 0.3 is 0 Å². The van der Waals surface area contributed by atoms with E-state index in [9.17, 15) is 18.4 Å². The number of Topliss-reactive ketones (excluding diaryl/α,β-unsaturated/α-hetero) is 1. The lowest BCUT2D eigenvalue weighted by molar-refractivity contribution is -0.112. The molecule has 0 radical (unpaired) electrons. The molecule has 1 aromatic carbocycles. The maximum absolute atomic E-state index is 13.5. The van der Waals surface area contributed by atoms with Crippen LogP contribution in [0.5, 0.6) is 0 Å². The first-order chi connectivity index (χ1) is 9.81. The van der Waals surface area contributed by atoms with Crippen LogP contribution in [0, 0.1) is 25.5 Å². The molecule has 7 heteroatoms. The van der Waals surface area contributed by atoms with E-state index in [2.05, 4.69) is 10.4 Å². The SMILES string of the molecule is Cc1nn(C)c(C)c1C(=O)C(=O)Nc1ccc(F)cc1F. The van der Waals surface area contributed by atoms with E-state index in [0.717, 1.165) is 12.1 Å². The minimum Gasteiger partial charge on any atom is -0.317 e. The molecule has 0 bridgehead atoms. The highest BCUT2D eigenvalue weighted by Crippen LogP contribution is 2.17. The van der Waals surface area contributed by atoms with Gasteiger partial charge in [0.1, 0.15) is 11.6 Å². The number of rotatable bonds is 3. The molecule has 0 saturated heterocycles. The molecule has 0 aliphatic heterocycles. The molecule has 21 heavy (non-hydrogen) atoms. The van der Waals surface area contributed by atoms with Crippen molar-refractivity contribution in [3.8, 4) is 0 Å².